The first-order valence-electron chi connectivity index (χ1n) is 5.66. The summed E-state index contributed by atoms with van der Waals surface area (Å²) >= 11 is 0. The molecule has 0 saturated heterocycles. The molecule has 0 saturated carbocycles. The molecule has 98 valence electrons. The van der Waals surface area contributed by atoms with E-state index in [1.807, 2.05) is 6.07 Å². The summed E-state index contributed by atoms with van der Waals surface area (Å²) in [5, 5.41) is 8.37. The molecule has 5 nitrogen and oxygen atoms in total. The van der Waals surface area contributed by atoms with Gasteiger partial charge in [-0.1, -0.05) is 13.8 Å². The van der Waals surface area contributed by atoms with Crippen molar-refractivity contribution in [3.63, 3.8) is 0 Å². The molecule has 6 heteroatoms. The molecule has 0 heterocycles. The van der Waals surface area contributed by atoms with Crippen LogP contribution in [0.3, 0.4) is 0 Å². The van der Waals surface area contributed by atoms with E-state index in [0.717, 1.165) is 0 Å². The minimum absolute atomic E-state index is 0.0534. The summed E-state index contributed by atoms with van der Waals surface area (Å²) in [6.07, 6.45) is 0. The van der Waals surface area contributed by atoms with Gasteiger partial charge in [0.25, 0.3) is 0 Å². The normalized spacial score (nSPS) is 11.2. The van der Waals surface area contributed by atoms with Gasteiger partial charge in [0.05, 0.1) is 4.90 Å². The van der Waals surface area contributed by atoms with Gasteiger partial charge >= 0.3 is 0 Å². The van der Waals surface area contributed by atoms with E-state index in [-0.39, 0.29) is 11.5 Å². The van der Waals surface area contributed by atoms with Crippen molar-refractivity contribution in [3.05, 3.63) is 24.3 Å². The molecule has 0 fully saturated rings. The molecule has 0 radical (unpaired) electrons. The van der Waals surface area contributed by atoms with Gasteiger partial charge in [-0.2, -0.15) is 9.57 Å². The van der Waals surface area contributed by atoms with Crippen LogP contribution in [-0.4, -0.2) is 32.4 Å². The third kappa shape index (κ3) is 3.22. The third-order valence-corrected chi connectivity index (χ3v) is 4.53. The van der Waals surface area contributed by atoms with Crippen LogP contribution in [-0.2, 0) is 10.0 Å². The molecule has 0 bridgehead atoms. The quantitative estimate of drug-likeness (QED) is 0.786. The summed E-state index contributed by atoms with van der Waals surface area (Å²) in [4.78, 5) is 0.232. The van der Waals surface area contributed by atoms with Crippen molar-refractivity contribution in [2.45, 2.75) is 18.7 Å². The van der Waals surface area contributed by atoms with Gasteiger partial charge < -0.3 is 4.74 Å². The predicted molar refractivity (Wildman–Crippen MR) is 67.7 cm³/mol. The first-order chi connectivity index (χ1) is 8.56. The smallest absolute Gasteiger partial charge is 0.243 e. The predicted octanol–water partition coefficient (Wildman–Crippen LogP) is 1.62. The van der Waals surface area contributed by atoms with Crippen LogP contribution in [0.15, 0.2) is 29.2 Å². The minimum Gasteiger partial charge on any atom is -0.479 e. The fourth-order valence-corrected chi connectivity index (χ4v) is 2.99. The second kappa shape index (κ2) is 6.38. The van der Waals surface area contributed by atoms with Crippen molar-refractivity contribution in [1.29, 1.82) is 5.26 Å². The number of sulfonamides is 1. The Morgan fingerprint density at radius 2 is 1.78 bits per heavy atom. The molecule has 0 aromatic heterocycles. The van der Waals surface area contributed by atoms with Crippen molar-refractivity contribution in [1.82, 2.24) is 4.31 Å². The molecule has 0 unspecified atom stereocenters. The van der Waals surface area contributed by atoms with Crippen molar-refractivity contribution >= 4 is 10.0 Å². The van der Waals surface area contributed by atoms with Crippen molar-refractivity contribution in [2.24, 2.45) is 0 Å². The zero-order valence-electron chi connectivity index (χ0n) is 10.5. The van der Waals surface area contributed by atoms with Gasteiger partial charge in [-0.05, 0) is 24.3 Å². The molecule has 0 atom stereocenters. The zero-order valence-corrected chi connectivity index (χ0v) is 11.3. The van der Waals surface area contributed by atoms with Crippen LogP contribution in [0.1, 0.15) is 13.8 Å². The number of benzene rings is 1. The maximum absolute atomic E-state index is 12.2. The number of rotatable bonds is 6. The Labute approximate surface area is 108 Å². The second-order valence-corrected chi connectivity index (χ2v) is 5.45. The Hall–Kier alpha value is -1.58. The minimum atomic E-state index is -3.43. The summed E-state index contributed by atoms with van der Waals surface area (Å²) in [5.74, 6) is 0.482. The van der Waals surface area contributed by atoms with Gasteiger partial charge in [0.2, 0.25) is 10.0 Å². The highest BCUT2D eigenvalue weighted by Crippen LogP contribution is 2.19. The molecule has 0 spiro atoms. The molecular weight excluding hydrogens is 252 g/mol. The second-order valence-electron chi connectivity index (χ2n) is 3.51. The molecule has 0 amide bonds. The van der Waals surface area contributed by atoms with Crippen LogP contribution in [0.5, 0.6) is 5.75 Å². The molecule has 1 aromatic carbocycles. The molecule has 18 heavy (non-hydrogen) atoms. The standard InChI is InChI=1S/C12H16N2O3S/c1-3-14(4-2)18(15,16)12-7-5-11(6-8-12)17-10-9-13/h5-8H,3-4,10H2,1-2H3. The summed E-state index contributed by atoms with van der Waals surface area (Å²) in [7, 11) is -3.43. The average molecular weight is 268 g/mol. The lowest BCUT2D eigenvalue weighted by atomic mass is 10.3. The van der Waals surface area contributed by atoms with E-state index >= 15 is 0 Å². The number of hydrogen-bond acceptors (Lipinski definition) is 4. The van der Waals surface area contributed by atoms with Crippen LogP contribution in [0.25, 0.3) is 0 Å². The fraction of sp³-hybridized carbons (Fsp3) is 0.417. The largest absolute Gasteiger partial charge is 0.479 e. The third-order valence-electron chi connectivity index (χ3n) is 2.47. The average Bonchev–Trinajstić information content (AvgIpc) is 2.38. The van der Waals surface area contributed by atoms with Crippen LogP contribution >= 0.6 is 0 Å². The van der Waals surface area contributed by atoms with Gasteiger partial charge in [-0.25, -0.2) is 8.42 Å². The van der Waals surface area contributed by atoms with Crippen molar-refractivity contribution < 1.29 is 13.2 Å². The highest BCUT2D eigenvalue weighted by Gasteiger charge is 2.21. The maximum Gasteiger partial charge on any atom is 0.243 e. The summed E-state index contributed by atoms with van der Waals surface area (Å²) in [5.41, 5.74) is 0. The molecule has 0 aliphatic heterocycles. The van der Waals surface area contributed by atoms with Gasteiger partial charge in [0, 0.05) is 13.1 Å². The molecule has 1 rings (SSSR count). The lowest BCUT2D eigenvalue weighted by molar-refractivity contribution is 0.368. The van der Waals surface area contributed by atoms with E-state index < -0.39 is 10.0 Å². The van der Waals surface area contributed by atoms with Crippen LogP contribution < -0.4 is 4.74 Å². The van der Waals surface area contributed by atoms with Crippen LogP contribution in [0.4, 0.5) is 0 Å². The van der Waals surface area contributed by atoms with Gasteiger partial charge in [0.15, 0.2) is 6.61 Å². The lowest BCUT2D eigenvalue weighted by Crippen LogP contribution is -2.30. The first kappa shape index (κ1) is 14.5. The molecule has 0 aliphatic carbocycles. The molecular formula is C12H16N2O3S. The Morgan fingerprint density at radius 3 is 2.22 bits per heavy atom. The Morgan fingerprint density at radius 1 is 1.22 bits per heavy atom. The first-order valence-corrected chi connectivity index (χ1v) is 7.10. The van der Waals surface area contributed by atoms with Gasteiger partial charge in [-0.3, -0.25) is 0 Å². The topological polar surface area (TPSA) is 70.4 Å². The molecule has 1 aromatic rings. The SMILES string of the molecule is CCN(CC)S(=O)(=O)c1ccc(OCC#N)cc1. The fourth-order valence-electron chi connectivity index (χ4n) is 1.54. The molecule has 0 N–H and O–H groups in total. The van der Waals surface area contributed by atoms with Gasteiger partial charge in [-0.15, -0.1) is 0 Å². The number of nitriles is 1. The highest BCUT2D eigenvalue weighted by molar-refractivity contribution is 7.89. The van der Waals surface area contributed by atoms with E-state index in [9.17, 15) is 8.42 Å². The summed E-state index contributed by atoms with van der Waals surface area (Å²) in [6, 6.07) is 7.92. The molecule has 0 aliphatic rings. The lowest BCUT2D eigenvalue weighted by Gasteiger charge is -2.18. The Bertz CT molecular complexity index is 513. The van der Waals surface area contributed by atoms with E-state index in [1.165, 1.54) is 16.4 Å². The van der Waals surface area contributed by atoms with Crippen molar-refractivity contribution in [2.75, 3.05) is 19.7 Å². The number of nitrogens with zero attached hydrogens (tertiary/aromatic N) is 2. The van der Waals surface area contributed by atoms with E-state index in [0.29, 0.717) is 18.8 Å². The van der Waals surface area contributed by atoms with Crippen molar-refractivity contribution in [3.8, 4) is 11.8 Å². The van der Waals surface area contributed by atoms with Crippen LogP contribution in [0, 0.1) is 11.3 Å². The summed E-state index contributed by atoms with van der Waals surface area (Å²) in [6.45, 7) is 4.41. The summed E-state index contributed by atoms with van der Waals surface area (Å²) < 4.78 is 30.8. The Balaban J connectivity index is 2.94. The monoisotopic (exact) mass is 268 g/mol. The maximum atomic E-state index is 12.2. The highest BCUT2D eigenvalue weighted by atomic mass is 32.2. The Kier molecular flexibility index (Phi) is 5.13. The van der Waals surface area contributed by atoms with E-state index in [1.54, 1.807) is 26.0 Å². The zero-order chi connectivity index (χ0) is 13.6. The van der Waals surface area contributed by atoms with E-state index in [2.05, 4.69) is 0 Å². The van der Waals surface area contributed by atoms with Crippen LogP contribution in [0.2, 0.25) is 0 Å². The van der Waals surface area contributed by atoms with Gasteiger partial charge in [0.1, 0.15) is 11.8 Å². The number of ether oxygens (including phenoxy) is 1. The van der Waals surface area contributed by atoms with E-state index in [4.69, 9.17) is 10.00 Å². The number of hydrogen-bond donors (Lipinski definition) is 0.